The Labute approximate surface area is 149 Å². The molecule has 0 atom stereocenters. The second-order valence-electron chi connectivity index (χ2n) is 6.60. The van der Waals surface area contributed by atoms with Crippen molar-refractivity contribution >= 4 is 0 Å². The number of aromatic amines is 1. The molecule has 3 rings (SSSR count). The highest BCUT2D eigenvalue weighted by molar-refractivity contribution is 5.63. The molecule has 1 saturated heterocycles. The van der Waals surface area contributed by atoms with Gasteiger partial charge in [-0.25, -0.2) is 0 Å². The van der Waals surface area contributed by atoms with Crippen molar-refractivity contribution in [3.8, 4) is 17.0 Å². The molecule has 2 heterocycles. The molecule has 2 aromatic rings. The number of nitrogens with one attached hydrogen (secondary N) is 2. The van der Waals surface area contributed by atoms with Crippen LogP contribution in [0.2, 0.25) is 0 Å². The van der Waals surface area contributed by atoms with E-state index in [1.54, 1.807) is 7.11 Å². The second kappa shape index (κ2) is 8.99. The maximum Gasteiger partial charge on any atom is 0.118 e. The fourth-order valence-electron chi connectivity index (χ4n) is 3.25. The van der Waals surface area contributed by atoms with E-state index in [4.69, 9.17) is 4.74 Å². The normalized spacial score (nSPS) is 16.2. The van der Waals surface area contributed by atoms with E-state index in [-0.39, 0.29) is 6.10 Å². The number of aliphatic hydroxyl groups is 1. The van der Waals surface area contributed by atoms with Crippen LogP contribution in [-0.4, -0.2) is 59.6 Å². The smallest absolute Gasteiger partial charge is 0.118 e. The molecule has 0 unspecified atom stereocenters. The molecule has 1 aromatic heterocycles. The first-order valence-electron chi connectivity index (χ1n) is 9.04. The van der Waals surface area contributed by atoms with Crippen LogP contribution in [0.25, 0.3) is 11.3 Å². The first kappa shape index (κ1) is 17.9. The zero-order valence-corrected chi connectivity index (χ0v) is 14.9. The van der Waals surface area contributed by atoms with Crippen LogP contribution in [0, 0.1) is 0 Å². The Morgan fingerprint density at radius 1 is 1.28 bits per heavy atom. The van der Waals surface area contributed by atoms with Crippen molar-refractivity contribution < 1.29 is 9.84 Å². The summed E-state index contributed by atoms with van der Waals surface area (Å²) in [6.07, 6.45) is 4.73. The molecule has 1 fully saturated rings. The third kappa shape index (κ3) is 5.04. The number of hydrogen-bond acceptors (Lipinski definition) is 5. The number of likely N-dealkylation sites (tertiary alicyclic amines) is 1. The van der Waals surface area contributed by atoms with E-state index in [1.807, 2.05) is 30.5 Å². The number of ether oxygens (including phenoxy) is 1. The number of hydrogen-bond donors (Lipinski definition) is 3. The standard InChI is InChI=1S/C19H28N4O2/c1-25-18-5-3-15(4-6-18)19-16(14-21-22-19)13-20-9-2-10-23-11-7-17(24)8-12-23/h3-6,14,17,20,24H,2,7-13H2,1H3,(H,21,22). The van der Waals surface area contributed by atoms with E-state index >= 15 is 0 Å². The van der Waals surface area contributed by atoms with E-state index in [0.717, 1.165) is 69.0 Å². The van der Waals surface area contributed by atoms with Gasteiger partial charge in [-0.15, -0.1) is 0 Å². The SMILES string of the molecule is COc1ccc(-c2[nH]ncc2CNCCCN2CCC(O)CC2)cc1. The van der Waals surface area contributed by atoms with Gasteiger partial charge in [0.2, 0.25) is 0 Å². The first-order valence-corrected chi connectivity index (χ1v) is 9.04. The summed E-state index contributed by atoms with van der Waals surface area (Å²) in [5, 5.41) is 20.3. The van der Waals surface area contributed by atoms with Crippen molar-refractivity contribution in [2.45, 2.75) is 31.9 Å². The van der Waals surface area contributed by atoms with Gasteiger partial charge in [0.05, 0.1) is 25.1 Å². The van der Waals surface area contributed by atoms with Gasteiger partial charge < -0.3 is 20.1 Å². The summed E-state index contributed by atoms with van der Waals surface area (Å²) >= 11 is 0. The average molecular weight is 344 g/mol. The molecule has 136 valence electrons. The van der Waals surface area contributed by atoms with Gasteiger partial charge in [0.25, 0.3) is 0 Å². The quantitative estimate of drug-likeness (QED) is 0.639. The minimum Gasteiger partial charge on any atom is -0.497 e. The predicted molar refractivity (Wildman–Crippen MR) is 98.6 cm³/mol. The van der Waals surface area contributed by atoms with Crippen LogP contribution < -0.4 is 10.1 Å². The van der Waals surface area contributed by atoms with E-state index in [1.165, 1.54) is 5.56 Å². The summed E-state index contributed by atoms with van der Waals surface area (Å²) in [4.78, 5) is 2.44. The topological polar surface area (TPSA) is 73.4 Å². The van der Waals surface area contributed by atoms with Gasteiger partial charge in [0.15, 0.2) is 0 Å². The van der Waals surface area contributed by atoms with Crippen molar-refractivity contribution in [1.82, 2.24) is 20.4 Å². The third-order valence-electron chi connectivity index (χ3n) is 4.80. The van der Waals surface area contributed by atoms with Gasteiger partial charge in [-0.2, -0.15) is 5.10 Å². The molecule has 1 aromatic carbocycles. The largest absolute Gasteiger partial charge is 0.497 e. The molecule has 25 heavy (non-hydrogen) atoms. The zero-order chi connectivity index (χ0) is 17.5. The second-order valence-corrected chi connectivity index (χ2v) is 6.60. The first-order chi connectivity index (χ1) is 12.3. The van der Waals surface area contributed by atoms with Gasteiger partial charge in [-0.3, -0.25) is 5.10 Å². The molecule has 0 spiro atoms. The van der Waals surface area contributed by atoms with Gasteiger partial charge in [0.1, 0.15) is 5.75 Å². The number of rotatable bonds is 8. The summed E-state index contributed by atoms with van der Waals surface area (Å²) < 4.78 is 5.21. The lowest BCUT2D eigenvalue weighted by Crippen LogP contribution is -2.37. The number of aromatic nitrogens is 2. The summed E-state index contributed by atoms with van der Waals surface area (Å²) in [6, 6.07) is 8.01. The average Bonchev–Trinajstić information content (AvgIpc) is 3.11. The number of methoxy groups -OCH3 is 1. The van der Waals surface area contributed by atoms with Crippen LogP contribution >= 0.6 is 0 Å². The van der Waals surface area contributed by atoms with Crippen molar-refractivity contribution in [1.29, 1.82) is 0 Å². The lowest BCUT2D eigenvalue weighted by Gasteiger charge is -2.29. The van der Waals surface area contributed by atoms with Crippen LogP contribution in [0.15, 0.2) is 30.5 Å². The highest BCUT2D eigenvalue weighted by Gasteiger charge is 2.16. The Bertz CT molecular complexity index is 633. The molecule has 0 radical (unpaired) electrons. The van der Waals surface area contributed by atoms with Gasteiger partial charge in [-0.05, 0) is 56.6 Å². The Kier molecular flexibility index (Phi) is 6.44. The Balaban J connectivity index is 1.42. The fourth-order valence-corrected chi connectivity index (χ4v) is 3.25. The zero-order valence-electron chi connectivity index (χ0n) is 14.9. The van der Waals surface area contributed by atoms with Crippen LogP contribution in [0.3, 0.4) is 0 Å². The van der Waals surface area contributed by atoms with Gasteiger partial charge in [-0.1, -0.05) is 0 Å². The van der Waals surface area contributed by atoms with Crippen molar-refractivity contribution in [2.24, 2.45) is 0 Å². The molecule has 1 aliphatic rings. The highest BCUT2D eigenvalue weighted by atomic mass is 16.5. The van der Waals surface area contributed by atoms with Crippen molar-refractivity contribution in [3.05, 3.63) is 36.0 Å². The predicted octanol–water partition coefficient (Wildman–Crippen LogP) is 2.02. The van der Waals surface area contributed by atoms with E-state index in [0.29, 0.717) is 0 Å². The Hall–Kier alpha value is -1.89. The molecule has 0 bridgehead atoms. The summed E-state index contributed by atoms with van der Waals surface area (Å²) in [7, 11) is 1.67. The molecular formula is C19H28N4O2. The molecule has 6 nitrogen and oxygen atoms in total. The van der Waals surface area contributed by atoms with E-state index < -0.39 is 0 Å². The molecular weight excluding hydrogens is 316 g/mol. The lowest BCUT2D eigenvalue weighted by atomic mass is 10.1. The van der Waals surface area contributed by atoms with E-state index in [2.05, 4.69) is 20.4 Å². The minimum atomic E-state index is -0.0909. The maximum absolute atomic E-state index is 9.54. The monoisotopic (exact) mass is 344 g/mol. The molecule has 1 aliphatic heterocycles. The van der Waals surface area contributed by atoms with Crippen molar-refractivity contribution in [2.75, 3.05) is 33.3 Å². The number of benzene rings is 1. The number of H-pyrrole nitrogens is 1. The summed E-state index contributed by atoms with van der Waals surface area (Å²) in [5.74, 6) is 0.855. The Morgan fingerprint density at radius 3 is 2.76 bits per heavy atom. The fraction of sp³-hybridized carbons (Fsp3) is 0.526. The van der Waals surface area contributed by atoms with E-state index in [9.17, 15) is 5.11 Å². The number of piperidine rings is 1. The van der Waals surface area contributed by atoms with Crippen molar-refractivity contribution in [3.63, 3.8) is 0 Å². The third-order valence-corrected chi connectivity index (χ3v) is 4.80. The number of nitrogens with zero attached hydrogens (tertiary/aromatic N) is 2. The number of aliphatic hydroxyl groups excluding tert-OH is 1. The van der Waals surface area contributed by atoms with Crippen LogP contribution in [0.1, 0.15) is 24.8 Å². The highest BCUT2D eigenvalue weighted by Crippen LogP contribution is 2.23. The van der Waals surface area contributed by atoms with Crippen LogP contribution in [0.5, 0.6) is 5.75 Å². The Morgan fingerprint density at radius 2 is 2.04 bits per heavy atom. The maximum atomic E-state index is 9.54. The summed E-state index contributed by atoms with van der Waals surface area (Å²) in [6.45, 7) is 4.91. The summed E-state index contributed by atoms with van der Waals surface area (Å²) in [5.41, 5.74) is 3.34. The molecule has 3 N–H and O–H groups in total. The van der Waals surface area contributed by atoms with Crippen LogP contribution in [0.4, 0.5) is 0 Å². The lowest BCUT2D eigenvalue weighted by molar-refractivity contribution is 0.0821. The van der Waals surface area contributed by atoms with Crippen LogP contribution in [-0.2, 0) is 6.54 Å². The molecule has 0 aliphatic carbocycles. The molecule has 6 heteroatoms. The minimum absolute atomic E-state index is 0.0909. The van der Waals surface area contributed by atoms with Gasteiger partial charge >= 0.3 is 0 Å². The molecule has 0 amide bonds. The van der Waals surface area contributed by atoms with Gasteiger partial charge in [0, 0.05) is 30.8 Å². The molecule has 0 saturated carbocycles.